The fraction of sp³-hybridized carbons (Fsp3) is 0.300. The highest BCUT2D eigenvalue weighted by atomic mass is 79.9. The number of nitrogens with zero attached hydrogens (tertiary/aromatic N) is 1. The minimum absolute atomic E-state index is 0. The molecule has 78 valence electrons. The Morgan fingerprint density at radius 2 is 2.36 bits per heavy atom. The minimum atomic E-state index is 0. The second-order valence-electron chi connectivity index (χ2n) is 2.88. The molecule has 1 heterocycles. The molecule has 0 saturated carbocycles. The van der Waals surface area contributed by atoms with E-state index < -0.39 is 0 Å². The smallest absolute Gasteiger partial charge is 0.106 e. The molecule has 4 heteroatoms. The maximum absolute atomic E-state index is 5.95. The molecule has 0 aliphatic carbocycles. The van der Waals surface area contributed by atoms with E-state index in [2.05, 4.69) is 27.5 Å². The molecular weight excluding hydrogens is 263 g/mol. The van der Waals surface area contributed by atoms with Crippen LogP contribution in [-0.2, 0) is 0 Å². The first-order valence-corrected chi connectivity index (χ1v) is 5.01. The van der Waals surface area contributed by atoms with E-state index in [0.717, 1.165) is 23.0 Å². The van der Waals surface area contributed by atoms with Crippen LogP contribution < -0.4 is 5.73 Å². The second-order valence-corrected chi connectivity index (χ2v) is 3.70. The third-order valence-electron chi connectivity index (χ3n) is 1.86. The lowest BCUT2D eigenvalue weighted by atomic mass is 10.0. The van der Waals surface area contributed by atoms with E-state index in [1.165, 1.54) is 0 Å². The Balaban J connectivity index is 0.00000169. The molecule has 1 aromatic heterocycles. The molecular formula is C10H14BrClN2. The van der Waals surface area contributed by atoms with Crippen LogP contribution in [0.25, 0.3) is 0 Å². The zero-order chi connectivity index (χ0) is 9.68. The van der Waals surface area contributed by atoms with E-state index in [4.69, 9.17) is 5.73 Å². The van der Waals surface area contributed by atoms with Gasteiger partial charge in [-0.1, -0.05) is 6.08 Å². The predicted octanol–water partition coefficient (Wildman–Crippen LogP) is 3.23. The summed E-state index contributed by atoms with van der Waals surface area (Å²) in [5.74, 6) is 0. The molecule has 0 amide bonds. The zero-order valence-electron chi connectivity index (χ0n) is 7.82. The van der Waals surface area contributed by atoms with Gasteiger partial charge in [-0.05, 0) is 46.5 Å². The Hall–Kier alpha value is -0.380. The first-order valence-electron chi connectivity index (χ1n) is 4.22. The van der Waals surface area contributed by atoms with Crippen LogP contribution in [-0.4, -0.2) is 4.98 Å². The number of allylic oxidation sites excluding steroid dienone is 1. The molecule has 0 aliphatic rings. The highest BCUT2D eigenvalue weighted by Crippen LogP contribution is 2.18. The molecule has 0 unspecified atom stereocenters. The van der Waals surface area contributed by atoms with E-state index in [0.29, 0.717) is 0 Å². The quantitative estimate of drug-likeness (QED) is 0.678. The number of aromatic nitrogens is 1. The number of rotatable bonds is 4. The van der Waals surface area contributed by atoms with Crippen LogP contribution in [0.2, 0.25) is 0 Å². The SMILES string of the molecule is C=CCC[C@H](N)c1ccnc(Br)c1.Cl. The largest absolute Gasteiger partial charge is 0.324 e. The molecule has 2 N–H and O–H groups in total. The predicted molar refractivity (Wildman–Crippen MR) is 65.5 cm³/mol. The van der Waals surface area contributed by atoms with Gasteiger partial charge in [0.1, 0.15) is 4.60 Å². The van der Waals surface area contributed by atoms with Crippen LogP contribution in [0.4, 0.5) is 0 Å². The van der Waals surface area contributed by atoms with Gasteiger partial charge >= 0.3 is 0 Å². The number of nitrogens with two attached hydrogens (primary N) is 1. The van der Waals surface area contributed by atoms with Crippen molar-refractivity contribution in [3.63, 3.8) is 0 Å². The monoisotopic (exact) mass is 276 g/mol. The summed E-state index contributed by atoms with van der Waals surface area (Å²) in [6, 6.07) is 3.98. The molecule has 0 aliphatic heterocycles. The molecule has 0 fully saturated rings. The molecule has 14 heavy (non-hydrogen) atoms. The van der Waals surface area contributed by atoms with Crippen molar-refractivity contribution >= 4 is 28.3 Å². The van der Waals surface area contributed by atoms with Gasteiger partial charge in [0.2, 0.25) is 0 Å². The fourth-order valence-corrected chi connectivity index (χ4v) is 1.49. The molecule has 0 saturated heterocycles. The van der Waals surface area contributed by atoms with E-state index in [1.54, 1.807) is 6.20 Å². The third-order valence-corrected chi connectivity index (χ3v) is 2.29. The lowest BCUT2D eigenvalue weighted by Crippen LogP contribution is -2.09. The molecule has 0 radical (unpaired) electrons. The van der Waals surface area contributed by atoms with Crippen LogP contribution in [0.3, 0.4) is 0 Å². The summed E-state index contributed by atoms with van der Waals surface area (Å²) >= 11 is 3.31. The Kier molecular flexibility index (Phi) is 6.79. The summed E-state index contributed by atoms with van der Waals surface area (Å²) in [4.78, 5) is 4.04. The van der Waals surface area contributed by atoms with Crippen molar-refractivity contribution in [1.82, 2.24) is 4.98 Å². The van der Waals surface area contributed by atoms with E-state index in [9.17, 15) is 0 Å². The van der Waals surface area contributed by atoms with Crippen molar-refractivity contribution in [3.05, 3.63) is 41.2 Å². The number of pyridine rings is 1. The number of hydrogen-bond acceptors (Lipinski definition) is 2. The summed E-state index contributed by atoms with van der Waals surface area (Å²) in [6.45, 7) is 3.67. The Morgan fingerprint density at radius 1 is 1.64 bits per heavy atom. The lowest BCUT2D eigenvalue weighted by molar-refractivity contribution is 0.660. The van der Waals surface area contributed by atoms with E-state index >= 15 is 0 Å². The molecule has 1 atom stereocenters. The van der Waals surface area contributed by atoms with Crippen molar-refractivity contribution in [1.29, 1.82) is 0 Å². The summed E-state index contributed by atoms with van der Waals surface area (Å²) in [7, 11) is 0. The molecule has 1 aromatic rings. The third kappa shape index (κ3) is 4.22. The number of halogens is 2. The van der Waals surface area contributed by atoms with Crippen molar-refractivity contribution in [3.8, 4) is 0 Å². The van der Waals surface area contributed by atoms with Crippen molar-refractivity contribution in [2.45, 2.75) is 18.9 Å². The van der Waals surface area contributed by atoms with Crippen LogP contribution in [0.1, 0.15) is 24.4 Å². The standard InChI is InChI=1S/C10H13BrN2.ClH/c1-2-3-4-9(12)8-5-6-13-10(11)7-8;/h2,5-7,9H,1,3-4,12H2;1H/t9-;/m0./s1. The first-order chi connectivity index (χ1) is 6.24. The second kappa shape index (κ2) is 6.98. The highest BCUT2D eigenvalue weighted by molar-refractivity contribution is 9.10. The Bertz CT molecular complexity index is 291. The summed E-state index contributed by atoms with van der Waals surface area (Å²) in [5, 5.41) is 0. The van der Waals surface area contributed by atoms with Gasteiger partial charge in [0, 0.05) is 12.2 Å². The van der Waals surface area contributed by atoms with Gasteiger partial charge in [-0.3, -0.25) is 0 Å². The molecule has 0 aromatic carbocycles. The van der Waals surface area contributed by atoms with Gasteiger partial charge in [-0.15, -0.1) is 19.0 Å². The maximum Gasteiger partial charge on any atom is 0.106 e. The highest BCUT2D eigenvalue weighted by Gasteiger charge is 2.04. The van der Waals surface area contributed by atoms with Gasteiger partial charge in [0.15, 0.2) is 0 Å². The van der Waals surface area contributed by atoms with Crippen LogP contribution in [0, 0.1) is 0 Å². The average Bonchev–Trinajstić information content (AvgIpc) is 2.14. The van der Waals surface area contributed by atoms with Crippen LogP contribution in [0.5, 0.6) is 0 Å². The Labute approximate surface area is 99.1 Å². The normalized spacial score (nSPS) is 11.6. The van der Waals surface area contributed by atoms with Gasteiger partial charge in [0.05, 0.1) is 0 Å². The zero-order valence-corrected chi connectivity index (χ0v) is 10.2. The summed E-state index contributed by atoms with van der Waals surface area (Å²) in [5.41, 5.74) is 7.07. The van der Waals surface area contributed by atoms with Crippen molar-refractivity contribution in [2.75, 3.05) is 0 Å². The van der Waals surface area contributed by atoms with Crippen molar-refractivity contribution in [2.24, 2.45) is 5.73 Å². The summed E-state index contributed by atoms with van der Waals surface area (Å²) in [6.07, 6.45) is 5.52. The maximum atomic E-state index is 5.95. The molecule has 0 bridgehead atoms. The van der Waals surface area contributed by atoms with E-state index in [-0.39, 0.29) is 18.4 Å². The summed E-state index contributed by atoms with van der Waals surface area (Å²) < 4.78 is 0.832. The minimum Gasteiger partial charge on any atom is -0.324 e. The van der Waals surface area contributed by atoms with E-state index in [1.807, 2.05) is 18.2 Å². The fourth-order valence-electron chi connectivity index (χ4n) is 1.11. The topological polar surface area (TPSA) is 38.9 Å². The van der Waals surface area contributed by atoms with Gasteiger partial charge < -0.3 is 5.73 Å². The van der Waals surface area contributed by atoms with Gasteiger partial charge in [-0.2, -0.15) is 0 Å². The molecule has 0 spiro atoms. The van der Waals surface area contributed by atoms with Crippen molar-refractivity contribution < 1.29 is 0 Å². The van der Waals surface area contributed by atoms with Crippen LogP contribution in [0.15, 0.2) is 35.6 Å². The molecule has 1 rings (SSSR count). The van der Waals surface area contributed by atoms with Gasteiger partial charge in [0.25, 0.3) is 0 Å². The Morgan fingerprint density at radius 3 is 2.93 bits per heavy atom. The first kappa shape index (κ1) is 13.6. The lowest BCUT2D eigenvalue weighted by Gasteiger charge is -2.10. The van der Waals surface area contributed by atoms with Crippen LogP contribution >= 0.6 is 28.3 Å². The molecule has 2 nitrogen and oxygen atoms in total. The van der Waals surface area contributed by atoms with Gasteiger partial charge in [-0.25, -0.2) is 4.98 Å². The average molecular weight is 278 g/mol. The number of hydrogen-bond donors (Lipinski definition) is 1.